The number of carbonyl (C=O) groups is 1. The quantitative estimate of drug-likeness (QED) is 0.698. The van der Waals surface area contributed by atoms with Crippen LogP contribution in [0.1, 0.15) is 16.1 Å². The van der Waals surface area contributed by atoms with E-state index in [9.17, 15) is 4.79 Å². The molecule has 0 fully saturated rings. The molecule has 0 spiro atoms. The number of anilines is 1. The van der Waals surface area contributed by atoms with Gasteiger partial charge in [-0.05, 0) is 12.1 Å². The van der Waals surface area contributed by atoms with Crippen LogP contribution in [0.2, 0.25) is 0 Å². The van der Waals surface area contributed by atoms with Crippen molar-refractivity contribution in [1.82, 2.24) is 25.7 Å². The molecule has 0 radical (unpaired) electrons. The molecular formula is C10H12N6O. The van der Waals surface area contributed by atoms with E-state index >= 15 is 0 Å². The normalized spacial score (nSPS) is 9.94. The smallest absolute Gasteiger partial charge is 0.272 e. The summed E-state index contributed by atoms with van der Waals surface area (Å²) in [5, 5.41) is 19.6. The predicted molar refractivity (Wildman–Crippen MR) is 61.3 cm³/mol. The van der Waals surface area contributed by atoms with Crippen LogP contribution in [-0.2, 0) is 6.54 Å². The zero-order chi connectivity index (χ0) is 12.1. The molecule has 0 saturated carbocycles. The third kappa shape index (κ3) is 2.77. The molecule has 17 heavy (non-hydrogen) atoms. The molecule has 0 saturated heterocycles. The minimum absolute atomic E-state index is 0.263. The second-order valence-corrected chi connectivity index (χ2v) is 3.34. The van der Waals surface area contributed by atoms with Crippen molar-refractivity contribution in [2.24, 2.45) is 0 Å². The van der Waals surface area contributed by atoms with Crippen molar-refractivity contribution in [2.45, 2.75) is 6.54 Å². The van der Waals surface area contributed by atoms with Crippen LogP contribution in [-0.4, -0.2) is 33.3 Å². The number of hydrogen-bond donors (Lipinski definition) is 3. The van der Waals surface area contributed by atoms with E-state index in [1.54, 1.807) is 31.6 Å². The average molecular weight is 232 g/mol. The summed E-state index contributed by atoms with van der Waals surface area (Å²) < 4.78 is 0. The van der Waals surface area contributed by atoms with Gasteiger partial charge in [0.05, 0.1) is 6.20 Å². The lowest BCUT2D eigenvalue weighted by molar-refractivity contribution is 0.0945. The van der Waals surface area contributed by atoms with Crippen molar-refractivity contribution in [2.75, 3.05) is 12.4 Å². The van der Waals surface area contributed by atoms with Gasteiger partial charge in [-0.15, -0.1) is 10.2 Å². The summed E-state index contributed by atoms with van der Waals surface area (Å²) in [6.07, 6.45) is 3.37. The Morgan fingerprint density at radius 2 is 2.29 bits per heavy atom. The molecule has 7 heteroatoms. The van der Waals surface area contributed by atoms with Crippen LogP contribution in [0.15, 0.2) is 24.5 Å². The number of amides is 1. The van der Waals surface area contributed by atoms with Crippen molar-refractivity contribution in [3.05, 3.63) is 35.8 Å². The van der Waals surface area contributed by atoms with Crippen LogP contribution < -0.4 is 10.6 Å². The standard InChI is InChI=1S/C10H12N6O/c1-11-9-3-2-8(15-16-9)10(17)12-4-7-5-13-14-6-7/h2-3,5-6H,4H2,1H3,(H,11,16)(H,12,17)(H,13,14). The Bertz CT molecular complexity index is 478. The fourth-order valence-electron chi connectivity index (χ4n) is 1.23. The molecule has 0 aromatic carbocycles. The highest BCUT2D eigenvalue weighted by Gasteiger charge is 2.07. The fraction of sp³-hybridized carbons (Fsp3) is 0.200. The average Bonchev–Trinajstić information content (AvgIpc) is 2.89. The lowest BCUT2D eigenvalue weighted by Gasteiger charge is -2.03. The fourth-order valence-corrected chi connectivity index (χ4v) is 1.23. The van der Waals surface area contributed by atoms with Gasteiger partial charge in [-0.25, -0.2) is 0 Å². The topological polar surface area (TPSA) is 95.6 Å². The highest BCUT2D eigenvalue weighted by Crippen LogP contribution is 2.01. The number of nitrogens with one attached hydrogen (secondary N) is 3. The molecule has 2 rings (SSSR count). The molecular weight excluding hydrogens is 220 g/mol. The van der Waals surface area contributed by atoms with Crippen LogP contribution >= 0.6 is 0 Å². The molecule has 0 bridgehead atoms. The van der Waals surface area contributed by atoms with E-state index in [1.165, 1.54) is 0 Å². The summed E-state index contributed by atoms with van der Waals surface area (Å²) in [6.45, 7) is 0.408. The molecule has 2 aromatic heterocycles. The Labute approximate surface area is 97.6 Å². The first-order valence-corrected chi connectivity index (χ1v) is 5.07. The first kappa shape index (κ1) is 11.1. The lowest BCUT2D eigenvalue weighted by Crippen LogP contribution is -2.24. The largest absolute Gasteiger partial charge is 0.372 e. The van der Waals surface area contributed by atoms with Crippen LogP contribution in [0, 0.1) is 0 Å². The summed E-state index contributed by atoms with van der Waals surface area (Å²) in [5.74, 6) is 0.359. The van der Waals surface area contributed by atoms with E-state index in [1.807, 2.05) is 0 Å². The highest BCUT2D eigenvalue weighted by molar-refractivity contribution is 5.92. The Morgan fingerprint density at radius 1 is 1.41 bits per heavy atom. The maximum absolute atomic E-state index is 11.7. The summed E-state index contributed by atoms with van der Waals surface area (Å²) in [6, 6.07) is 3.31. The van der Waals surface area contributed by atoms with E-state index in [4.69, 9.17) is 0 Å². The van der Waals surface area contributed by atoms with Gasteiger partial charge in [-0.2, -0.15) is 5.10 Å². The van der Waals surface area contributed by atoms with Crippen LogP contribution in [0.4, 0.5) is 5.82 Å². The molecule has 0 atom stereocenters. The van der Waals surface area contributed by atoms with Gasteiger partial charge in [0.25, 0.3) is 5.91 Å². The van der Waals surface area contributed by atoms with Gasteiger partial charge in [0.2, 0.25) is 0 Å². The third-order valence-corrected chi connectivity index (χ3v) is 2.16. The molecule has 0 unspecified atom stereocenters. The molecule has 0 aliphatic heterocycles. The van der Waals surface area contributed by atoms with Gasteiger partial charge in [-0.3, -0.25) is 9.89 Å². The second kappa shape index (κ2) is 5.06. The van der Waals surface area contributed by atoms with E-state index in [0.717, 1.165) is 5.56 Å². The number of aromatic nitrogens is 4. The maximum atomic E-state index is 11.7. The van der Waals surface area contributed by atoms with Crippen LogP contribution in [0.25, 0.3) is 0 Å². The van der Waals surface area contributed by atoms with E-state index in [2.05, 4.69) is 31.0 Å². The van der Waals surface area contributed by atoms with Crippen molar-refractivity contribution >= 4 is 11.7 Å². The summed E-state index contributed by atoms with van der Waals surface area (Å²) in [7, 11) is 1.74. The Kier molecular flexibility index (Phi) is 3.29. The third-order valence-electron chi connectivity index (χ3n) is 2.16. The number of rotatable bonds is 4. The zero-order valence-corrected chi connectivity index (χ0v) is 9.27. The predicted octanol–water partition coefficient (Wildman–Crippen LogP) is 0.171. The van der Waals surface area contributed by atoms with Gasteiger partial charge < -0.3 is 10.6 Å². The molecule has 2 aromatic rings. The second-order valence-electron chi connectivity index (χ2n) is 3.34. The minimum Gasteiger partial charge on any atom is -0.372 e. The van der Waals surface area contributed by atoms with E-state index < -0.39 is 0 Å². The lowest BCUT2D eigenvalue weighted by atomic mass is 10.3. The summed E-state index contributed by atoms with van der Waals surface area (Å²) >= 11 is 0. The first-order valence-electron chi connectivity index (χ1n) is 5.07. The van der Waals surface area contributed by atoms with Crippen LogP contribution in [0.3, 0.4) is 0 Å². The van der Waals surface area contributed by atoms with Gasteiger partial charge >= 0.3 is 0 Å². The Balaban J connectivity index is 1.95. The molecule has 2 heterocycles. The van der Waals surface area contributed by atoms with Gasteiger partial charge in [0.1, 0.15) is 5.82 Å². The highest BCUT2D eigenvalue weighted by atomic mass is 16.1. The van der Waals surface area contributed by atoms with E-state index in [0.29, 0.717) is 12.4 Å². The van der Waals surface area contributed by atoms with Crippen LogP contribution in [0.5, 0.6) is 0 Å². The number of carbonyl (C=O) groups excluding carboxylic acids is 1. The van der Waals surface area contributed by atoms with Gasteiger partial charge in [-0.1, -0.05) is 0 Å². The molecule has 7 nitrogen and oxygen atoms in total. The van der Waals surface area contributed by atoms with Crippen molar-refractivity contribution in [3.8, 4) is 0 Å². The summed E-state index contributed by atoms with van der Waals surface area (Å²) in [4.78, 5) is 11.7. The van der Waals surface area contributed by atoms with E-state index in [-0.39, 0.29) is 11.6 Å². The van der Waals surface area contributed by atoms with Gasteiger partial charge in [0, 0.05) is 25.4 Å². The van der Waals surface area contributed by atoms with Gasteiger partial charge in [0.15, 0.2) is 5.69 Å². The first-order chi connectivity index (χ1) is 8.29. The Hall–Kier alpha value is -2.44. The Morgan fingerprint density at radius 3 is 2.88 bits per heavy atom. The number of nitrogens with zero attached hydrogens (tertiary/aromatic N) is 3. The molecule has 0 aliphatic rings. The summed E-state index contributed by atoms with van der Waals surface area (Å²) in [5.41, 5.74) is 1.19. The zero-order valence-electron chi connectivity index (χ0n) is 9.27. The molecule has 0 aliphatic carbocycles. The number of H-pyrrole nitrogens is 1. The minimum atomic E-state index is -0.263. The van der Waals surface area contributed by atoms with Crippen molar-refractivity contribution < 1.29 is 4.79 Å². The molecule has 1 amide bonds. The maximum Gasteiger partial charge on any atom is 0.272 e. The molecule has 88 valence electrons. The molecule has 3 N–H and O–H groups in total. The number of hydrogen-bond acceptors (Lipinski definition) is 5. The monoisotopic (exact) mass is 232 g/mol. The SMILES string of the molecule is CNc1ccc(C(=O)NCc2cn[nH]c2)nn1. The van der Waals surface area contributed by atoms with Crippen molar-refractivity contribution in [3.63, 3.8) is 0 Å². The van der Waals surface area contributed by atoms with Crippen molar-refractivity contribution in [1.29, 1.82) is 0 Å². The number of aromatic amines is 1.